The number of benzene rings is 1. The molecule has 2 aromatic heterocycles. The highest BCUT2D eigenvalue weighted by atomic mass is 32.1. The molecule has 29 heavy (non-hydrogen) atoms. The predicted molar refractivity (Wildman–Crippen MR) is 114 cm³/mol. The molecule has 154 valence electrons. The number of methoxy groups -OCH3 is 1. The summed E-state index contributed by atoms with van der Waals surface area (Å²) in [6, 6.07) is 7.43. The average Bonchev–Trinajstić information content (AvgIpc) is 3.23. The number of fused-ring (bicyclic) bond motifs is 1. The molecule has 0 saturated carbocycles. The Morgan fingerprint density at radius 2 is 2.00 bits per heavy atom. The van der Waals surface area contributed by atoms with Gasteiger partial charge in [0.15, 0.2) is 5.76 Å². The van der Waals surface area contributed by atoms with Gasteiger partial charge in [-0.15, -0.1) is 11.3 Å². The van der Waals surface area contributed by atoms with E-state index < -0.39 is 11.9 Å². The van der Waals surface area contributed by atoms with Crippen LogP contribution in [0.5, 0.6) is 0 Å². The number of hydrogen-bond acceptors (Lipinski definition) is 6. The molecule has 0 aliphatic rings. The number of thiophene rings is 1. The number of amides is 1. The first-order chi connectivity index (χ1) is 14.0. The number of nitrogens with one attached hydrogen (secondary N) is 1. The minimum atomic E-state index is -0.429. The lowest BCUT2D eigenvalue weighted by Gasteiger charge is -2.09. The van der Waals surface area contributed by atoms with Crippen molar-refractivity contribution in [2.24, 2.45) is 5.92 Å². The monoisotopic (exact) mass is 415 g/mol. The fourth-order valence-electron chi connectivity index (χ4n) is 3.23. The van der Waals surface area contributed by atoms with E-state index >= 15 is 0 Å². The Kier molecular flexibility index (Phi) is 6.71. The summed E-state index contributed by atoms with van der Waals surface area (Å²) >= 11 is 1.32. The lowest BCUT2D eigenvalue weighted by Crippen LogP contribution is -2.16. The van der Waals surface area contributed by atoms with E-state index in [0.717, 1.165) is 17.4 Å². The molecule has 0 aliphatic carbocycles. The van der Waals surface area contributed by atoms with Gasteiger partial charge in [0.25, 0.3) is 5.91 Å². The molecule has 2 heterocycles. The summed E-state index contributed by atoms with van der Waals surface area (Å²) in [6.45, 7) is 6.43. The van der Waals surface area contributed by atoms with Gasteiger partial charge in [-0.05, 0) is 36.3 Å². The number of hydrogen-bond donors (Lipinski definition) is 1. The van der Waals surface area contributed by atoms with Crippen LogP contribution in [0.15, 0.2) is 34.1 Å². The van der Waals surface area contributed by atoms with Gasteiger partial charge in [-0.1, -0.05) is 32.0 Å². The molecular formula is C22H25NO5S. The van der Waals surface area contributed by atoms with Crippen LogP contribution in [-0.2, 0) is 22.5 Å². The molecule has 0 atom stereocenters. The Labute approximate surface area is 173 Å². The molecule has 0 bridgehead atoms. The molecule has 1 N–H and O–H groups in total. The Balaban J connectivity index is 1.97. The van der Waals surface area contributed by atoms with Crippen LogP contribution < -0.4 is 5.32 Å². The van der Waals surface area contributed by atoms with Gasteiger partial charge in [-0.2, -0.15) is 0 Å². The number of ether oxygens (including phenoxy) is 2. The summed E-state index contributed by atoms with van der Waals surface area (Å²) in [5.41, 5.74) is 2.59. The fourth-order valence-corrected chi connectivity index (χ4v) is 4.19. The number of furan rings is 1. The van der Waals surface area contributed by atoms with Gasteiger partial charge in [0.2, 0.25) is 0 Å². The third-order valence-electron chi connectivity index (χ3n) is 4.40. The summed E-state index contributed by atoms with van der Waals surface area (Å²) in [7, 11) is 1.57. The van der Waals surface area contributed by atoms with E-state index in [-0.39, 0.29) is 19.0 Å². The Hall–Kier alpha value is -2.64. The summed E-state index contributed by atoms with van der Waals surface area (Å²) in [5, 5.41) is 6.04. The zero-order chi connectivity index (χ0) is 21.0. The van der Waals surface area contributed by atoms with Gasteiger partial charge in [-0.3, -0.25) is 4.79 Å². The molecule has 0 unspecified atom stereocenters. The zero-order valence-electron chi connectivity index (χ0n) is 17.0. The largest absolute Gasteiger partial charge is 0.462 e. The minimum Gasteiger partial charge on any atom is -0.462 e. The summed E-state index contributed by atoms with van der Waals surface area (Å²) in [5.74, 6) is -0.301. The highest BCUT2D eigenvalue weighted by Gasteiger charge is 2.25. The predicted octanol–water partition coefficient (Wildman–Crippen LogP) is 5.27. The van der Waals surface area contributed by atoms with Crippen molar-refractivity contribution >= 4 is 39.2 Å². The van der Waals surface area contributed by atoms with Crippen LogP contribution in [-0.4, -0.2) is 25.6 Å². The van der Waals surface area contributed by atoms with Crippen LogP contribution in [0.3, 0.4) is 0 Å². The Morgan fingerprint density at radius 1 is 1.24 bits per heavy atom. The second kappa shape index (κ2) is 9.24. The van der Waals surface area contributed by atoms with Gasteiger partial charge in [0.05, 0.1) is 18.8 Å². The van der Waals surface area contributed by atoms with Crippen molar-refractivity contribution < 1.29 is 23.5 Å². The van der Waals surface area contributed by atoms with Gasteiger partial charge < -0.3 is 19.2 Å². The number of para-hydroxylation sites is 1. The number of carbonyl (C=O) groups is 2. The number of anilines is 1. The molecule has 7 heteroatoms. The molecule has 0 fully saturated rings. The Bertz CT molecular complexity index is 1020. The van der Waals surface area contributed by atoms with E-state index in [1.807, 2.05) is 23.6 Å². The molecule has 3 rings (SSSR count). The maximum Gasteiger partial charge on any atom is 0.341 e. The smallest absolute Gasteiger partial charge is 0.341 e. The van der Waals surface area contributed by atoms with Crippen LogP contribution in [0.4, 0.5) is 5.00 Å². The third-order valence-corrected chi connectivity index (χ3v) is 5.34. The summed E-state index contributed by atoms with van der Waals surface area (Å²) in [4.78, 5) is 25.6. The summed E-state index contributed by atoms with van der Waals surface area (Å²) < 4.78 is 16.3. The van der Waals surface area contributed by atoms with Crippen LogP contribution in [0.25, 0.3) is 11.0 Å². The highest BCUT2D eigenvalue weighted by Crippen LogP contribution is 2.33. The number of carbonyl (C=O) groups excluding carboxylic acids is 2. The van der Waals surface area contributed by atoms with Crippen molar-refractivity contribution in [3.05, 3.63) is 52.1 Å². The molecule has 0 aliphatic heterocycles. The molecular weight excluding hydrogens is 390 g/mol. The summed E-state index contributed by atoms with van der Waals surface area (Å²) in [6.07, 6.45) is 0.722. The van der Waals surface area contributed by atoms with Crippen LogP contribution in [0, 0.1) is 5.92 Å². The van der Waals surface area contributed by atoms with E-state index in [9.17, 15) is 9.59 Å². The molecule has 1 aromatic carbocycles. The van der Waals surface area contributed by atoms with E-state index in [0.29, 0.717) is 27.6 Å². The standard InChI is InChI=1S/C22H25NO5S/c1-5-27-22(25)18-14(10-13(2)3)12-29-21(18)23-20(24)19-16(11-26-4)15-8-6-7-9-17(15)28-19/h6-9,12-13H,5,10-11H2,1-4H3,(H,23,24). The van der Waals surface area contributed by atoms with Crippen LogP contribution in [0.1, 0.15) is 52.8 Å². The maximum absolute atomic E-state index is 13.0. The Morgan fingerprint density at radius 3 is 2.69 bits per heavy atom. The van der Waals surface area contributed by atoms with Crippen molar-refractivity contribution in [3.8, 4) is 0 Å². The first kappa shape index (κ1) is 21.1. The normalized spacial score (nSPS) is 11.2. The van der Waals surface area contributed by atoms with Crippen LogP contribution in [0.2, 0.25) is 0 Å². The van der Waals surface area contributed by atoms with Crippen molar-refractivity contribution in [2.75, 3.05) is 19.0 Å². The number of esters is 1. The lowest BCUT2D eigenvalue weighted by molar-refractivity contribution is 0.0526. The first-order valence-corrected chi connectivity index (χ1v) is 10.4. The SMILES string of the molecule is CCOC(=O)c1c(CC(C)C)csc1NC(=O)c1oc2ccccc2c1COC. The van der Waals surface area contributed by atoms with Gasteiger partial charge in [0, 0.05) is 18.1 Å². The second-order valence-corrected chi connectivity index (χ2v) is 7.96. The topological polar surface area (TPSA) is 77.8 Å². The van der Waals surface area contributed by atoms with E-state index in [1.165, 1.54) is 11.3 Å². The van der Waals surface area contributed by atoms with Crippen molar-refractivity contribution in [2.45, 2.75) is 33.8 Å². The van der Waals surface area contributed by atoms with E-state index in [2.05, 4.69) is 19.2 Å². The van der Waals surface area contributed by atoms with Crippen molar-refractivity contribution in [3.63, 3.8) is 0 Å². The van der Waals surface area contributed by atoms with Crippen molar-refractivity contribution in [1.82, 2.24) is 0 Å². The fraction of sp³-hybridized carbons (Fsp3) is 0.364. The second-order valence-electron chi connectivity index (χ2n) is 7.08. The van der Waals surface area contributed by atoms with E-state index in [4.69, 9.17) is 13.9 Å². The van der Waals surface area contributed by atoms with Crippen molar-refractivity contribution in [1.29, 1.82) is 0 Å². The van der Waals surface area contributed by atoms with Gasteiger partial charge in [0.1, 0.15) is 10.6 Å². The van der Waals surface area contributed by atoms with Gasteiger partial charge in [-0.25, -0.2) is 4.79 Å². The number of rotatable bonds is 8. The quantitative estimate of drug-likeness (QED) is 0.507. The van der Waals surface area contributed by atoms with Crippen LogP contribution >= 0.6 is 11.3 Å². The van der Waals surface area contributed by atoms with E-state index in [1.54, 1.807) is 20.1 Å². The highest BCUT2D eigenvalue weighted by molar-refractivity contribution is 7.15. The first-order valence-electron chi connectivity index (χ1n) is 9.54. The average molecular weight is 416 g/mol. The maximum atomic E-state index is 13.0. The minimum absolute atomic E-state index is 0.182. The zero-order valence-corrected chi connectivity index (χ0v) is 17.9. The molecule has 6 nitrogen and oxygen atoms in total. The molecule has 3 aromatic rings. The molecule has 0 radical (unpaired) electrons. The van der Waals surface area contributed by atoms with Gasteiger partial charge >= 0.3 is 5.97 Å². The molecule has 0 saturated heterocycles. The molecule has 0 spiro atoms. The lowest BCUT2D eigenvalue weighted by atomic mass is 10.0. The third kappa shape index (κ3) is 4.52. The molecule has 1 amide bonds.